The molecule has 1 aromatic carbocycles. The highest BCUT2D eigenvalue weighted by Crippen LogP contribution is 2.36. The molecule has 8 heteroatoms. The molecule has 1 aliphatic carbocycles. The molecule has 0 amide bonds. The molecule has 2 heterocycles. The summed E-state index contributed by atoms with van der Waals surface area (Å²) in [4.78, 5) is 28.9. The van der Waals surface area contributed by atoms with Crippen molar-refractivity contribution in [1.29, 1.82) is 5.26 Å². The summed E-state index contributed by atoms with van der Waals surface area (Å²) in [7, 11) is 0. The first-order valence-electron chi connectivity index (χ1n) is 13.1. The number of Topliss-reactive ketones (excluding diaryl/α,β-unsaturated/α-hetero) is 1. The van der Waals surface area contributed by atoms with Gasteiger partial charge in [-0.05, 0) is 61.2 Å². The summed E-state index contributed by atoms with van der Waals surface area (Å²) in [6.45, 7) is 8.54. The number of nitrogens with two attached hydrogens (primary N) is 1. The number of benzene rings is 1. The Bertz CT molecular complexity index is 1360. The number of pyridine rings is 2. The van der Waals surface area contributed by atoms with Gasteiger partial charge in [0.2, 0.25) is 0 Å². The maximum absolute atomic E-state index is 12.8. The third-order valence-corrected chi connectivity index (χ3v) is 6.60. The summed E-state index contributed by atoms with van der Waals surface area (Å²) in [5.41, 5.74) is 11.5. The summed E-state index contributed by atoms with van der Waals surface area (Å²) in [5, 5.41) is 13.2. The molecule has 0 bridgehead atoms. The Hall–Kier alpha value is -4.35. The largest absolute Gasteiger partial charge is 0.402 e. The minimum atomic E-state index is -0.187. The maximum Gasteiger partial charge on any atom is 0.166 e. The van der Waals surface area contributed by atoms with Crippen molar-refractivity contribution >= 4 is 22.9 Å². The number of hydrogen-bond acceptors (Lipinski definition) is 8. The number of carbonyl (C=O) groups is 1. The number of rotatable bonds is 9. The zero-order chi connectivity index (χ0) is 27.8. The van der Waals surface area contributed by atoms with Gasteiger partial charge in [0.05, 0.1) is 39.6 Å². The Morgan fingerprint density at radius 3 is 2.31 bits per heavy atom. The minimum absolute atomic E-state index is 0.0258. The van der Waals surface area contributed by atoms with Crippen molar-refractivity contribution in [3.63, 3.8) is 0 Å². The first-order valence-corrected chi connectivity index (χ1v) is 13.1. The Morgan fingerprint density at radius 2 is 1.74 bits per heavy atom. The van der Waals surface area contributed by atoms with Crippen molar-refractivity contribution in [3.8, 4) is 6.07 Å². The molecular weight excluding hydrogens is 486 g/mol. The summed E-state index contributed by atoms with van der Waals surface area (Å²) in [6.07, 6.45) is 4.70. The molecule has 39 heavy (non-hydrogen) atoms. The van der Waals surface area contributed by atoms with Gasteiger partial charge in [-0.25, -0.2) is 0 Å². The number of aliphatic imine (C=N–C) groups is 1. The molecule has 1 saturated carbocycles. The van der Waals surface area contributed by atoms with Crippen molar-refractivity contribution < 1.29 is 4.79 Å². The SMILES string of the molecule is CC(N)=C1C(=O)CC(C)(C)CC1=Nc1ccc(C#N)c(NCCN(Cc2ccccn2)Cc2ccccn2)c1. The second-order valence-electron chi connectivity index (χ2n) is 10.7. The summed E-state index contributed by atoms with van der Waals surface area (Å²) < 4.78 is 0. The molecule has 0 spiro atoms. The minimum Gasteiger partial charge on any atom is -0.402 e. The van der Waals surface area contributed by atoms with Crippen LogP contribution < -0.4 is 11.1 Å². The van der Waals surface area contributed by atoms with Gasteiger partial charge in [-0.15, -0.1) is 0 Å². The van der Waals surface area contributed by atoms with Crippen LogP contribution >= 0.6 is 0 Å². The van der Waals surface area contributed by atoms with Crippen LogP contribution in [0, 0.1) is 16.7 Å². The average Bonchev–Trinajstić information content (AvgIpc) is 2.89. The fourth-order valence-electron chi connectivity index (χ4n) is 4.84. The number of carbonyl (C=O) groups excluding carboxylic acids is 1. The first-order chi connectivity index (χ1) is 18.7. The molecule has 3 N–H and O–H groups in total. The van der Waals surface area contributed by atoms with Crippen molar-refractivity contribution in [2.24, 2.45) is 16.1 Å². The number of nitrogens with zero attached hydrogens (tertiary/aromatic N) is 5. The van der Waals surface area contributed by atoms with Crippen molar-refractivity contribution in [2.45, 2.75) is 46.7 Å². The second-order valence-corrected chi connectivity index (χ2v) is 10.7. The standard InChI is InChI=1S/C31H35N7O/c1-22(33)30-28(17-31(2,3)18-29(30)39)37-24-11-10-23(19-32)27(16-24)36-14-15-38(20-25-8-4-6-12-34-25)21-26-9-5-7-13-35-26/h4-13,16,36H,14-15,17-18,20-21,33H2,1-3H3. The van der Waals surface area contributed by atoms with Crippen LogP contribution in [0.1, 0.15) is 50.6 Å². The van der Waals surface area contributed by atoms with E-state index in [4.69, 9.17) is 10.7 Å². The lowest BCUT2D eigenvalue weighted by molar-refractivity contribution is -0.117. The predicted octanol–water partition coefficient (Wildman–Crippen LogP) is 5.16. The van der Waals surface area contributed by atoms with Gasteiger partial charge in [0.25, 0.3) is 0 Å². The van der Waals surface area contributed by atoms with E-state index in [-0.39, 0.29) is 11.2 Å². The van der Waals surface area contributed by atoms with Gasteiger partial charge < -0.3 is 11.1 Å². The Labute approximate surface area is 230 Å². The van der Waals surface area contributed by atoms with E-state index in [1.807, 2.05) is 42.5 Å². The van der Waals surface area contributed by atoms with Gasteiger partial charge in [-0.1, -0.05) is 26.0 Å². The highest BCUT2D eigenvalue weighted by molar-refractivity contribution is 6.25. The van der Waals surface area contributed by atoms with Gasteiger partial charge in [0, 0.05) is 50.7 Å². The zero-order valence-electron chi connectivity index (χ0n) is 22.8. The number of allylic oxidation sites excluding steroid dienone is 2. The molecule has 0 aliphatic heterocycles. The molecule has 0 saturated heterocycles. The topological polar surface area (TPSA) is 120 Å². The van der Waals surface area contributed by atoms with E-state index in [0.29, 0.717) is 72.9 Å². The van der Waals surface area contributed by atoms with Crippen LogP contribution in [-0.4, -0.2) is 39.5 Å². The van der Waals surface area contributed by atoms with E-state index in [9.17, 15) is 10.1 Å². The Kier molecular flexibility index (Phi) is 8.84. The van der Waals surface area contributed by atoms with Crippen molar-refractivity contribution in [2.75, 3.05) is 18.4 Å². The van der Waals surface area contributed by atoms with E-state index in [1.165, 1.54) is 0 Å². The van der Waals surface area contributed by atoms with Crippen LogP contribution in [0.5, 0.6) is 0 Å². The van der Waals surface area contributed by atoms with Crippen LogP contribution in [0.15, 0.2) is 83.3 Å². The van der Waals surface area contributed by atoms with Crippen molar-refractivity contribution in [1.82, 2.24) is 14.9 Å². The normalized spacial score (nSPS) is 17.2. The fraction of sp³-hybridized carbons (Fsp3) is 0.323. The first kappa shape index (κ1) is 27.7. The molecule has 0 radical (unpaired) electrons. The molecular formula is C31H35N7O. The molecule has 8 nitrogen and oxygen atoms in total. The van der Waals surface area contributed by atoms with Gasteiger partial charge in [-0.2, -0.15) is 5.26 Å². The highest BCUT2D eigenvalue weighted by atomic mass is 16.1. The molecule has 4 rings (SSSR count). The number of anilines is 1. The summed E-state index contributed by atoms with van der Waals surface area (Å²) >= 11 is 0. The van der Waals surface area contributed by atoms with E-state index >= 15 is 0 Å². The number of nitrogens with one attached hydrogen (secondary N) is 1. The molecule has 0 atom stereocenters. The monoisotopic (exact) mass is 521 g/mol. The van der Waals surface area contributed by atoms with E-state index in [2.05, 4.69) is 40.1 Å². The van der Waals surface area contributed by atoms with Gasteiger partial charge in [0.15, 0.2) is 5.78 Å². The molecule has 0 unspecified atom stereocenters. The lowest BCUT2D eigenvalue weighted by atomic mass is 9.73. The number of hydrogen-bond donors (Lipinski definition) is 2. The van der Waals surface area contributed by atoms with Gasteiger partial charge in [0.1, 0.15) is 6.07 Å². The molecule has 200 valence electrons. The van der Waals surface area contributed by atoms with Crippen LogP contribution in [0.2, 0.25) is 0 Å². The Balaban J connectivity index is 1.52. The van der Waals surface area contributed by atoms with Crippen molar-refractivity contribution in [3.05, 3.63) is 95.2 Å². The lowest BCUT2D eigenvalue weighted by Crippen LogP contribution is -2.33. The van der Waals surface area contributed by atoms with Crippen LogP contribution in [-0.2, 0) is 17.9 Å². The van der Waals surface area contributed by atoms with E-state index in [0.717, 1.165) is 11.4 Å². The molecule has 1 aliphatic rings. The van der Waals surface area contributed by atoms with Crippen LogP contribution in [0.4, 0.5) is 11.4 Å². The van der Waals surface area contributed by atoms with E-state index < -0.39 is 0 Å². The quantitative estimate of drug-likeness (QED) is 0.373. The zero-order valence-corrected chi connectivity index (χ0v) is 22.8. The highest BCUT2D eigenvalue weighted by Gasteiger charge is 2.35. The molecule has 2 aromatic heterocycles. The average molecular weight is 522 g/mol. The van der Waals surface area contributed by atoms with Gasteiger partial charge in [-0.3, -0.25) is 24.7 Å². The summed E-state index contributed by atoms with van der Waals surface area (Å²) in [6, 6.07) is 19.5. The van der Waals surface area contributed by atoms with Crippen LogP contribution in [0.3, 0.4) is 0 Å². The maximum atomic E-state index is 12.8. The smallest absolute Gasteiger partial charge is 0.166 e. The number of aromatic nitrogens is 2. The predicted molar refractivity (Wildman–Crippen MR) is 154 cm³/mol. The van der Waals surface area contributed by atoms with Crippen LogP contribution in [0.25, 0.3) is 0 Å². The number of ketones is 1. The third kappa shape index (κ3) is 7.59. The third-order valence-electron chi connectivity index (χ3n) is 6.60. The van der Waals surface area contributed by atoms with Gasteiger partial charge >= 0.3 is 0 Å². The molecule has 1 fully saturated rings. The Morgan fingerprint density at radius 1 is 1.08 bits per heavy atom. The lowest BCUT2D eigenvalue weighted by Gasteiger charge is -2.31. The fourth-order valence-corrected chi connectivity index (χ4v) is 4.84. The molecule has 3 aromatic rings. The number of nitriles is 1. The second kappa shape index (κ2) is 12.5. The summed E-state index contributed by atoms with van der Waals surface area (Å²) in [5.74, 6) is 0.0258. The van der Waals surface area contributed by atoms with E-state index in [1.54, 1.807) is 31.5 Å².